The Bertz CT molecular complexity index is 702. The molecule has 5 nitrogen and oxygen atoms in total. The number of aromatic nitrogens is 1. The molecule has 0 saturated heterocycles. The van der Waals surface area contributed by atoms with E-state index in [2.05, 4.69) is 10.3 Å². The zero-order valence-corrected chi connectivity index (χ0v) is 12.4. The lowest BCUT2D eigenvalue weighted by atomic mass is 10.2. The fourth-order valence-corrected chi connectivity index (χ4v) is 3.17. The second kappa shape index (κ2) is 5.29. The Kier molecular flexibility index (Phi) is 3.47. The average molecular weight is 301 g/mol. The number of thiazole rings is 1. The fraction of sp³-hybridized carbons (Fsp3) is 0.267. The first kappa shape index (κ1) is 13.8. The molecule has 1 heterocycles. The molecule has 1 aliphatic rings. The normalized spacial score (nSPS) is 14.0. The molecule has 0 unspecified atom stereocenters. The van der Waals surface area contributed by atoms with Crippen molar-refractivity contribution in [2.45, 2.75) is 25.7 Å². The molecule has 2 amide bonds. The summed E-state index contributed by atoms with van der Waals surface area (Å²) < 4.78 is 0. The van der Waals surface area contributed by atoms with E-state index >= 15 is 0 Å². The molecule has 0 aliphatic heterocycles. The number of carbonyl (C=O) groups excluding carboxylic acids is 2. The lowest BCUT2D eigenvalue weighted by Crippen LogP contribution is -2.13. The number of hydrogen-bond acceptors (Lipinski definition) is 4. The number of anilines is 1. The molecule has 1 fully saturated rings. The van der Waals surface area contributed by atoms with Gasteiger partial charge in [-0.05, 0) is 44.0 Å². The molecule has 0 radical (unpaired) electrons. The van der Waals surface area contributed by atoms with E-state index in [1.165, 1.54) is 24.2 Å². The smallest absolute Gasteiger partial charge is 0.267 e. The molecule has 1 aromatic heterocycles. The SMILES string of the molecule is Cc1nc(C2CC2)sc1C(=O)Nc1ccc(C(N)=O)cc1. The standard InChI is InChI=1S/C15H15N3O2S/c1-8-12(21-15(17-8)10-2-3-10)14(20)18-11-6-4-9(5-7-11)13(16)19/h4-7,10H,2-3H2,1H3,(H2,16,19)(H,18,20). The van der Waals surface area contributed by atoms with Gasteiger partial charge in [-0.15, -0.1) is 11.3 Å². The van der Waals surface area contributed by atoms with Crippen LogP contribution in [0.25, 0.3) is 0 Å². The van der Waals surface area contributed by atoms with Gasteiger partial charge in [0.15, 0.2) is 0 Å². The predicted octanol–water partition coefficient (Wildman–Crippen LogP) is 2.68. The van der Waals surface area contributed by atoms with Crippen molar-refractivity contribution in [3.8, 4) is 0 Å². The molecular formula is C15H15N3O2S. The maximum absolute atomic E-state index is 12.3. The highest BCUT2D eigenvalue weighted by molar-refractivity contribution is 7.14. The lowest BCUT2D eigenvalue weighted by molar-refractivity contribution is 0.0998. The fourth-order valence-electron chi connectivity index (χ4n) is 2.04. The van der Waals surface area contributed by atoms with Gasteiger partial charge in [-0.3, -0.25) is 9.59 Å². The summed E-state index contributed by atoms with van der Waals surface area (Å²) in [6.07, 6.45) is 2.34. The van der Waals surface area contributed by atoms with Gasteiger partial charge in [-0.2, -0.15) is 0 Å². The van der Waals surface area contributed by atoms with E-state index in [4.69, 9.17) is 5.73 Å². The van der Waals surface area contributed by atoms with E-state index in [1.807, 2.05) is 6.92 Å². The van der Waals surface area contributed by atoms with E-state index in [-0.39, 0.29) is 5.91 Å². The summed E-state index contributed by atoms with van der Waals surface area (Å²) in [5.41, 5.74) is 7.00. The molecule has 2 aromatic rings. The van der Waals surface area contributed by atoms with Crippen molar-refractivity contribution in [1.29, 1.82) is 0 Å². The molecule has 0 spiro atoms. The van der Waals surface area contributed by atoms with E-state index < -0.39 is 5.91 Å². The minimum Gasteiger partial charge on any atom is -0.366 e. The molecule has 6 heteroatoms. The summed E-state index contributed by atoms with van der Waals surface area (Å²) in [7, 11) is 0. The molecule has 3 N–H and O–H groups in total. The summed E-state index contributed by atoms with van der Waals surface area (Å²) in [6, 6.07) is 6.51. The molecule has 1 saturated carbocycles. The van der Waals surface area contributed by atoms with Crippen molar-refractivity contribution < 1.29 is 9.59 Å². The Hall–Kier alpha value is -2.21. The first-order chi connectivity index (χ1) is 10.0. The number of benzene rings is 1. The maximum atomic E-state index is 12.3. The third-order valence-electron chi connectivity index (χ3n) is 3.37. The van der Waals surface area contributed by atoms with Crippen molar-refractivity contribution in [1.82, 2.24) is 4.98 Å². The number of hydrogen-bond donors (Lipinski definition) is 2. The van der Waals surface area contributed by atoms with E-state index in [0.717, 1.165) is 10.7 Å². The number of aryl methyl sites for hydroxylation is 1. The monoisotopic (exact) mass is 301 g/mol. The molecule has 21 heavy (non-hydrogen) atoms. The van der Waals surface area contributed by atoms with Crippen molar-refractivity contribution in [3.63, 3.8) is 0 Å². The van der Waals surface area contributed by atoms with Crippen LogP contribution in [0, 0.1) is 6.92 Å². The van der Waals surface area contributed by atoms with Gasteiger partial charge in [0.25, 0.3) is 5.91 Å². The van der Waals surface area contributed by atoms with Gasteiger partial charge in [0.1, 0.15) is 4.88 Å². The van der Waals surface area contributed by atoms with Crippen LogP contribution in [-0.2, 0) is 0 Å². The van der Waals surface area contributed by atoms with Gasteiger partial charge in [0, 0.05) is 17.2 Å². The minimum atomic E-state index is -0.486. The Balaban J connectivity index is 1.74. The number of primary amides is 1. The van der Waals surface area contributed by atoms with Crippen LogP contribution in [-0.4, -0.2) is 16.8 Å². The van der Waals surface area contributed by atoms with Gasteiger partial charge in [0.2, 0.25) is 5.91 Å². The Morgan fingerprint density at radius 1 is 1.29 bits per heavy atom. The van der Waals surface area contributed by atoms with E-state index in [9.17, 15) is 9.59 Å². The first-order valence-electron chi connectivity index (χ1n) is 6.73. The largest absolute Gasteiger partial charge is 0.366 e. The van der Waals surface area contributed by atoms with Gasteiger partial charge in [0.05, 0.1) is 10.7 Å². The zero-order chi connectivity index (χ0) is 15.0. The number of rotatable bonds is 4. The van der Waals surface area contributed by atoms with Crippen molar-refractivity contribution in [2.24, 2.45) is 5.73 Å². The highest BCUT2D eigenvalue weighted by Crippen LogP contribution is 2.42. The van der Waals surface area contributed by atoms with Crippen LogP contribution < -0.4 is 11.1 Å². The van der Waals surface area contributed by atoms with Crippen LogP contribution in [0.15, 0.2) is 24.3 Å². The molecular weight excluding hydrogens is 286 g/mol. The Morgan fingerprint density at radius 2 is 1.95 bits per heavy atom. The number of carbonyl (C=O) groups is 2. The Morgan fingerprint density at radius 3 is 2.52 bits per heavy atom. The van der Waals surface area contributed by atoms with E-state index in [1.54, 1.807) is 24.3 Å². The zero-order valence-electron chi connectivity index (χ0n) is 11.6. The molecule has 0 atom stereocenters. The lowest BCUT2D eigenvalue weighted by Gasteiger charge is -2.04. The third kappa shape index (κ3) is 2.95. The van der Waals surface area contributed by atoms with Crippen molar-refractivity contribution >= 4 is 28.8 Å². The predicted molar refractivity (Wildman–Crippen MR) is 81.7 cm³/mol. The van der Waals surface area contributed by atoms with Crippen LogP contribution in [0.3, 0.4) is 0 Å². The Labute approximate surface area is 126 Å². The number of nitrogens with two attached hydrogens (primary N) is 1. The highest BCUT2D eigenvalue weighted by atomic mass is 32.1. The summed E-state index contributed by atoms with van der Waals surface area (Å²) >= 11 is 1.47. The molecule has 1 aliphatic carbocycles. The van der Waals surface area contributed by atoms with Crippen LogP contribution >= 0.6 is 11.3 Å². The second-order valence-corrected chi connectivity index (χ2v) is 6.17. The first-order valence-corrected chi connectivity index (χ1v) is 7.55. The van der Waals surface area contributed by atoms with Gasteiger partial charge >= 0.3 is 0 Å². The number of nitrogens with zero attached hydrogens (tertiary/aromatic N) is 1. The maximum Gasteiger partial charge on any atom is 0.267 e. The number of nitrogens with one attached hydrogen (secondary N) is 1. The second-order valence-electron chi connectivity index (χ2n) is 5.14. The van der Waals surface area contributed by atoms with Crippen LogP contribution in [0.1, 0.15) is 49.5 Å². The van der Waals surface area contributed by atoms with Gasteiger partial charge in [-0.25, -0.2) is 4.98 Å². The molecule has 3 rings (SSSR count). The molecule has 108 valence electrons. The van der Waals surface area contributed by atoms with Crippen LogP contribution in [0.5, 0.6) is 0 Å². The van der Waals surface area contributed by atoms with Crippen LogP contribution in [0.4, 0.5) is 5.69 Å². The van der Waals surface area contributed by atoms with Crippen molar-refractivity contribution in [3.05, 3.63) is 45.4 Å². The summed E-state index contributed by atoms with van der Waals surface area (Å²) in [5.74, 6) is -0.103. The summed E-state index contributed by atoms with van der Waals surface area (Å²) in [5, 5.41) is 3.87. The average Bonchev–Trinajstić information content (AvgIpc) is 3.22. The van der Waals surface area contributed by atoms with Crippen LogP contribution in [0.2, 0.25) is 0 Å². The minimum absolute atomic E-state index is 0.163. The third-order valence-corrected chi connectivity index (χ3v) is 4.69. The summed E-state index contributed by atoms with van der Waals surface area (Å²) in [4.78, 5) is 28.4. The molecule has 1 aromatic carbocycles. The topological polar surface area (TPSA) is 85.1 Å². The van der Waals surface area contributed by atoms with Gasteiger partial charge in [-0.1, -0.05) is 0 Å². The quantitative estimate of drug-likeness (QED) is 0.910. The summed E-state index contributed by atoms with van der Waals surface area (Å²) in [6.45, 7) is 1.85. The van der Waals surface area contributed by atoms with Gasteiger partial charge < -0.3 is 11.1 Å². The number of amides is 2. The molecule has 0 bridgehead atoms. The highest BCUT2D eigenvalue weighted by Gasteiger charge is 2.28. The van der Waals surface area contributed by atoms with Crippen molar-refractivity contribution in [2.75, 3.05) is 5.32 Å². The van der Waals surface area contributed by atoms with E-state index in [0.29, 0.717) is 22.0 Å².